The largest absolute Gasteiger partial charge is 0.329 e. The molecule has 4 nitrogen and oxygen atoms in total. The summed E-state index contributed by atoms with van der Waals surface area (Å²) in [6.45, 7) is 4.30. The zero-order valence-electron chi connectivity index (χ0n) is 11.1. The molecule has 1 heterocycles. The van der Waals surface area contributed by atoms with Gasteiger partial charge in [0, 0.05) is 32.7 Å². The molecule has 1 aliphatic heterocycles. The summed E-state index contributed by atoms with van der Waals surface area (Å²) < 4.78 is 13.5. The summed E-state index contributed by atoms with van der Waals surface area (Å²) in [4.78, 5) is 2.28. The molecule has 106 valence electrons. The van der Waals surface area contributed by atoms with Gasteiger partial charge < -0.3 is 10.6 Å². The lowest BCUT2D eigenvalue weighted by molar-refractivity contribution is 0.0879. The standard InChI is InChI=1S/C13H20ClFN4/c1-18-4-6-19(7-5-18)17-13(9-16)10-2-3-11(14)12(15)8-10/h2-3,8,13,17H,4-7,9,16H2,1H3. The van der Waals surface area contributed by atoms with Crippen molar-refractivity contribution < 1.29 is 4.39 Å². The second-order valence-electron chi connectivity index (χ2n) is 4.88. The highest BCUT2D eigenvalue weighted by atomic mass is 35.5. The number of likely N-dealkylation sites (N-methyl/N-ethyl adjacent to an activating group) is 1. The molecule has 6 heteroatoms. The van der Waals surface area contributed by atoms with Gasteiger partial charge in [-0.2, -0.15) is 0 Å². The average Bonchev–Trinajstić information content (AvgIpc) is 2.41. The van der Waals surface area contributed by atoms with E-state index in [1.807, 2.05) is 6.07 Å². The number of hydrazine groups is 1. The summed E-state index contributed by atoms with van der Waals surface area (Å²) in [7, 11) is 2.10. The van der Waals surface area contributed by atoms with Crippen LogP contribution in [0.2, 0.25) is 5.02 Å². The van der Waals surface area contributed by atoms with Crippen molar-refractivity contribution >= 4 is 11.6 Å². The fourth-order valence-electron chi connectivity index (χ4n) is 2.15. The van der Waals surface area contributed by atoms with Crippen LogP contribution in [0.4, 0.5) is 4.39 Å². The van der Waals surface area contributed by atoms with Gasteiger partial charge in [0.25, 0.3) is 0 Å². The first kappa shape index (κ1) is 14.7. The number of piperazine rings is 1. The van der Waals surface area contributed by atoms with Gasteiger partial charge in [0.15, 0.2) is 0 Å². The second kappa shape index (κ2) is 6.63. The van der Waals surface area contributed by atoms with E-state index < -0.39 is 5.82 Å². The molecule has 2 rings (SSSR count). The van der Waals surface area contributed by atoms with Gasteiger partial charge in [0.1, 0.15) is 5.82 Å². The highest BCUT2D eigenvalue weighted by Crippen LogP contribution is 2.20. The van der Waals surface area contributed by atoms with E-state index in [-0.39, 0.29) is 11.1 Å². The number of nitrogens with zero attached hydrogens (tertiary/aromatic N) is 2. The van der Waals surface area contributed by atoms with Crippen LogP contribution in [-0.4, -0.2) is 49.7 Å². The van der Waals surface area contributed by atoms with Crippen molar-refractivity contribution in [1.82, 2.24) is 15.3 Å². The van der Waals surface area contributed by atoms with Crippen molar-refractivity contribution in [2.45, 2.75) is 6.04 Å². The molecular weight excluding hydrogens is 267 g/mol. The van der Waals surface area contributed by atoms with Gasteiger partial charge >= 0.3 is 0 Å². The summed E-state index contributed by atoms with van der Waals surface area (Å²) >= 11 is 5.69. The lowest BCUT2D eigenvalue weighted by Gasteiger charge is -2.35. The highest BCUT2D eigenvalue weighted by molar-refractivity contribution is 6.30. The minimum Gasteiger partial charge on any atom is -0.329 e. The van der Waals surface area contributed by atoms with Gasteiger partial charge in [-0.1, -0.05) is 17.7 Å². The Morgan fingerprint density at radius 2 is 2.05 bits per heavy atom. The van der Waals surface area contributed by atoms with Crippen LogP contribution in [0, 0.1) is 5.82 Å². The van der Waals surface area contributed by atoms with E-state index in [0.29, 0.717) is 6.54 Å². The number of halogens is 2. The Bertz CT molecular complexity index is 421. The minimum absolute atomic E-state index is 0.0878. The topological polar surface area (TPSA) is 44.5 Å². The van der Waals surface area contributed by atoms with Crippen LogP contribution in [0.3, 0.4) is 0 Å². The lowest BCUT2D eigenvalue weighted by atomic mass is 10.1. The molecule has 0 amide bonds. The van der Waals surface area contributed by atoms with Gasteiger partial charge in [-0.3, -0.25) is 0 Å². The van der Waals surface area contributed by atoms with Gasteiger partial charge in [0.05, 0.1) is 11.1 Å². The Morgan fingerprint density at radius 1 is 1.37 bits per heavy atom. The molecule has 1 aromatic rings. The Labute approximate surface area is 118 Å². The first-order valence-corrected chi connectivity index (χ1v) is 6.82. The molecule has 0 spiro atoms. The number of benzene rings is 1. The molecular formula is C13H20ClFN4. The fourth-order valence-corrected chi connectivity index (χ4v) is 2.27. The number of nitrogens with two attached hydrogens (primary N) is 1. The molecule has 0 radical (unpaired) electrons. The van der Waals surface area contributed by atoms with E-state index >= 15 is 0 Å². The quantitative estimate of drug-likeness (QED) is 0.874. The summed E-state index contributed by atoms with van der Waals surface area (Å²) in [6.07, 6.45) is 0. The van der Waals surface area contributed by atoms with E-state index in [4.69, 9.17) is 17.3 Å². The Balaban J connectivity index is 2.01. The van der Waals surface area contributed by atoms with Crippen LogP contribution in [0.1, 0.15) is 11.6 Å². The fraction of sp³-hybridized carbons (Fsp3) is 0.538. The molecule has 1 atom stereocenters. The SMILES string of the molecule is CN1CCN(NC(CN)c2ccc(Cl)c(F)c2)CC1. The third-order valence-electron chi connectivity index (χ3n) is 3.42. The van der Waals surface area contributed by atoms with Gasteiger partial charge in [-0.15, -0.1) is 0 Å². The molecule has 0 aliphatic carbocycles. The van der Waals surface area contributed by atoms with E-state index in [9.17, 15) is 4.39 Å². The maximum atomic E-state index is 13.5. The first-order valence-electron chi connectivity index (χ1n) is 6.45. The lowest BCUT2D eigenvalue weighted by Crippen LogP contribution is -2.52. The molecule has 1 unspecified atom stereocenters. The minimum atomic E-state index is -0.405. The van der Waals surface area contributed by atoms with Crippen molar-refractivity contribution in [1.29, 1.82) is 0 Å². The van der Waals surface area contributed by atoms with Crippen LogP contribution < -0.4 is 11.2 Å². The molecule has 1 fully saturated rings. The van der Waals surface area contributed by atoms with Crippen molar-refractivity contribution in [3.8, 4) is 0 Å². The first-order chi connectivity index (χ1) is 9.10. The maximum Gasteiger partial charge on any atom is 0.142 e. The van der Waals surface area contributed by atoms with Crippen LogP contribution in [0.15, 0.2) is 18.2 Å². The molecule has 0 saturated carbocycles. The van der Waals surface area contributed by atoms with Gasteiger partial charge in [-0.25, -0.2) is 14.8 Å². The van der Waals surface area contributed by atoms with Crippen LogP contribution in [-0.2, 0) is 0 Å². The molecule has 19 heavy (non-hydrogen) atoms. The zero-order valence-corrected chi connectivity index (χ0v) is 11.8. The van der Waals surface area contributed by atoms with Crippen molar-refractivity contribution in [3.63, 3.8) is 0 Å². The number of nitrogens with one attached hydrogen (secondary N) is 1. The smallest absolute Gasteiger partial charge is 0.142 e. The predicted molar refractivity (Wildman–Crippen MR) is 75.4 cm³/mol. The molecule has 3 N–H and O–H groups in total. The van der Waals surface area contributed by atoms with E-state index in [0.717, 1.165) is 31.7 Å². The summed E-state index contributed by atoms with van der Waals surface area (Å²) in [5.41, 5.74) is 9.97. The van der Waals surface area contributed by atoms with E-state index in [1.165, 1.54) is 6.07 Å². The Morgan fingerprint density at radius 3 is 2.63 bits per heavy atom. The summed E-state index contributed by atoms with van der Waals surface area (Å²) in [6, 6.07) is 4.74. The van der Waals surface area contributed by atoms with Crippen molar-refractivity contribution in [2.24, 2.45) is 5.73 Å². The highest BCUT2D eigenvalue weighted by Gasteiger charge is 2.18. The number of hydrogen-bond acceptors (Lipinski definition) is 4. The second-order valence-corrected chi connectivity index (χ2v) is 5.29. The molecule has 0 bridgehead atoms. The summed E-state index contributed by atoms with van der Waals surface area (Å²) in [5, 5.41) is 2.28. The molecule has 0 aromatic heterocycles. The molecule has 1 aromatic carbocycles. The van der Waals surface area contributed by atoms with Gasteiger partial charge in [0.2, 0.25) is 0 Å². The zero-order chi connectivity index (χ0) is 13.8. The van der Waals surface area contributed by atoms with E-state index in [2.05, 4.69) is 22.4 Å². The predicted octanol–water partition coefficient (Wildman–Crippen LogP) is 1.23. The van der Waals surface area contributed by atoms with Crippen molar-refractivity contribution in [2.75, 3.05) is 39.8 Å². The third-order valence-corrected chi connectivity index (χ3v) is 3.73. The van der Waals surface area contributed by atoms with Crippen LogP contribution >= 0.6 is 11.6 Å². The Kier molecular flexibility index (Phi) is 5.13. The number of rotatable bonds is 4. The molecule has 1 aliphatic rings. The normalized spacial score (nSPS) is 19.6. The molecule has 1 saturated heterocycles. The maximum absolute atomic E-state index is 13.5. The Hall–Kier alpha value is -0.720. The van der Waals surface area contributed by atoms with Crippen LogP contribution in [0.25, 0.3) is 0 Å². The van der Waals surface area contributed by atoms with Crippen molar-refractivity contribution in [3.05, 3.63) is 34.6 Å². The third kappa shape index (κ3) is 3.87. The van der Waals surface area contributed by atoms with Crippen LogP contribution in [0.5, 0.6) is 0 Å². The summed E-state index contributed by atoms with van der Waals surface area (Å²) in [5.74, 6) is -0.405. The average molecular weight is 287 g/mol. The van der Waals surface area contributed by atoms with Gasteiger partial charge in [-0.05, 0) is 24.7 Å². The number of hydrogen-bond donors (Lipinski definition) is 2. The monoisotopic (exact) mass is 286 g/mol. The van der Waals surface area contributed by atoms with E-state index in [1.54, 1.807) is 6.07 Å².